The summed E-state index contributed by atoms with van der Waals surface area (Å²) in [4.78, 5) is 0. The number of rotatable bonds is 0. The first-order valence-electron chi connectivity index (χ1n) is 5.66. The maximum absolute atomic E-state index is 10.2. The molecule has 102 valence electrons. The quantitative estimate of drug-likeness (QED) is 0.276. The Morgan fingerprint density at radius 3 is 0.800 bits per heavy atom. The van der Waals surface area contributed by atoms with Crippen LogP contribution < -0.4 is 0 Å². The smallest absolute Gasteiger partial charge is 0.139 e. The number of hydrogen-bond donors (Lipinski definition) is 6. The molecule has 0 spiro atoms. The molecular formula is C14H10O6. The molecule has 3 aromatic rings. The van der Waals surface area contributed by atoms with Crippen molar-refractivity contribution in [2.75, 3.05) is 0 Å². The van der Waals surface area contributed by atoms with Crippen molar-refractivity contribution in [1.82, 2.24) is 0 Å². The zero-order chi connectivity index (χ0) is 14.6. The number of aromatic hydroxyl groups is 6. The van der Waals surface area contributed by atoms with E-state index in [0.717, 1.165) is 24.3 Å². The van der Waals surface area contributed by atoms with Gasteiger partial charge in [0.1, 0.15) is 34.5 Å². The van der Waals surface area contributed by atoms with E-state index in [1.807, 2.05) is 0 Å². The molecule has 0 unspecified atom stereocenters. The van der Waals surface area contributed by atoms with Crippen LogP contribution in [0, 0.1) is 0 Å². The van der Waals surface area contributed by atoms with Gasteiger partial charge in [-0.2, -0.15) is 0 Å². The predicted octanol–water partition coefficient (Wildman–Crippen LogP) is 2.23. The average molecular weight is 274 g/mol. The molecule has 0 bridgehead atoms. The second-order valence-electron chi connectivity index (χ2n) is 4.40. The van der Waals surface area contributed by atoms with Gasteiger partial charge in [0.2, 0.25) is 0 Å². The Balaban J connectivity index is 2.77. The standard InChI is InChI=1S/C14H10O6/c15-5-1-2-6(16)10-9(5)13(19)11-7(17)3-4-8(18)12(11)14(10)20/h1-4,15-20H. The van der Waals surface area contributed by atoms with E-state index < -0.39 is 11.5 Å². The van der Waals surface area contributed by atoms with Gasteiger partial charge in [0.25, 0.3) is 0 Å². The molecule has 0 aromatic heterocycles. The Hall–Kier alpha value is -3.02. The van der Waals surface area contributed by atoms with Gasteiger partial charge in [-0.25, -0.2) is 0 Å². The van der Waals surface area contributed by atoms with Crippen LogP contribution in [0.15, 0.2) is 24.3 Å². The second kappa shape index (κ2) is 3.74. The third-order valence-electron chi connectivity index (χ3n) is 3.27. The largest absolute Gasteiger partial charge is 0.507 e. The van der Waals surface area contributed by atoms with Crippen molar-refractivity contribution < 1.29 is 30.6 Å². The molecule has 6 heteroatoms. The minimum absolute atomic E-state index is 0.212. The highest BCUT2D eigenvalue weighted by Crippen LogP contribution is 2.52. The van der Waals surface area contributed by atoms with Crippen molar-refractivity contribution in [3.63, 3.8) is 0 Å². The minimum atomic E-state index is -0.547. The van der Waals surface area contributed by atoms with Gasteiger partial charge in [0.15, 0.2) is 0 Å². The number of benzene rings is 3. The molecule has 0 amide bonds. The molecular weight excluding hydrogens is 264 g/mol. The maximum atomic E-state index is 10.2. The summed E-state index contributed by atoms with van der Waals surface area (Å²) in [6, 6.07) is 4.57. The topological polar surface area (TPSA) is 121 Å². The zero-order valence-corrected chi connectivity index (χ0v) is 9.99. The number of fused-ring (bicyclic) bond motifs is 2. The fourth-order valence-corrected chi connectivity index (χ4v) is 2.37. The van der Waals surface area contributed by atoms with E-state index in [1.54, 1.807) is 0 Å². The molecule has 3 rings (SSSR count). The second-order valence-corrected chi connectivity index (χ2v) is 4.40. The lowest BCUT2D eigenvalue weighted by Gasteiger charge is -2.13. The summed E-state index contributed by atoms with van der Waals surface area (Å²) in [5, 5.41) is 58.7. The van der Waals surface area contributed by atoms with E-state index in [1.165, 1.54) is 0 Å². The van der Waals surface area contributed by atoms with E-state index in [2.05, 4.69) is 0 Å². The van der Waals surface area contributed by atoms with Crippen LogP contribution in [0.2, 0.25) is 0 Å². The first-order valence-corrected chi connectivity index (χ1v) is 5.66. The Morgan fingerprint density at radius 2 is 0.600 bits per heavy atom. The summed E-state index contributed by atoms with van der Waals surface area (Å²) in [6.45, 7) is 0. The molecule has 6 N–H and O–H groups in total. The monoisotopic (exact) mass is 274 g/mol. The van der Waals surface area contributed by atoms with Crippen LogP contribution in [0.4, 0.5) is 0 Å². The van der Waals surface area contributed by atoms with E-state index in [4.69, 9.17) is 0 Å². The summed E-state index contributed by atoms with van der Waals surface area (Å²) in [6.07, 6.45) is 0. The molecule has 0 saturated heterocycles. The van der Waals surface area contributed by atoms with Crippen LogP contribution in [0.5, 0.6) is 34.5 Å². The fourth-order valence-electron chi connectivity index (χ4n) is 2.37. The summed E-state index contributed by atoms with van der Waals surface area (Å²) in [5.41, 5.74) is 0. The van der Waals surface area contributed by atoms with Crippen LogP contribution in [-0.2, 0) is 0 Å². The number of phenolic OH excluding ortho intramolecular Hbond substituents is 6. The van der Waals surface area contributed by atoms with Gasteiger partial charge >= 0.3 is 0 Å². The first-order chi connectivity index (χ1) is 9.43. The Morgan fingerprint density at radius 1 is 0.400 bits per heavy atom. The maximum Gasteiger partial charge on any atom is 0.139 e. The van der Waals surface area contributed by atoms with Crippen molar-refractivity contribution in [2.45, 2.75) is 0 Å². The molecule has 20 heavy (non-hydrogen) atoms. The van der Waals surface area contributed by atoms with Gasteiger partial charge in [0, 0.05) is 0 Å². The van der Waals surface area contributed by atoms with Gasteiger partial charge in [0.05, 0.1) is 21.5 Å². The molecule has 0 heterocycles. The lowest BCUT2D eigenvalue weighted by molar-refractivity contribution is 0.442. The molecule has 0 atom stereocenters. The first kappa shape index (κ1) is 12.0. The molecule has 0 saturated carbocycles. The van der Waals surface area contributed by atoms with Crippen LogP contribution in [0.25, 0.3) is 21.5 Å². The van der Waals surface area contributed by atoms with Crippen LogP contribution >= 0.6 is 0 Å². The lowest BCUT2D eigenvalue weighted by atomic mass is 9.98. The summed E-state index contributed by atoms with van der Waals surface area (Å²) >= 11 is 0. The van der Waals surface area contributed by atoms with Crippen LogP contribution in [0.1, 0.15) is 0 Å². The van der Waals surface area contributed by atoms with Crippen molar-refractivity contribution in [1.29, 1.82) is 0 Å². The zero-order valence-electron chi connectivity index (χ0n) is 9.99. The third kappa shape index (κ3) is 1.33. The van der Waals surface area contributed by atoms with Gasteiger partial charge in [-0.1, -0.05) is 0 Å². The summed E-state index contributed by atoms with van der Waals surface area (Å²) in [7, 11) is 0. The van der Waals surface area contributed by atoms with E-state index in [0.29, 0.717) is 0 Å². The molecule has 0 radical (unpaired) electrons. The van der Waals surface area contributed by atoms with Gasteiger partial charge in [-0.15, -0.1) is 0 Å². The van der Waals surface area contributed by atoms with Gasteiger partial charge in [-0.3, -0.25) is 0 Å². The minimum Gasteiger partial charge on any atom is -0.507 e. The third-order valence-corrected chi connectivity index (χ3v) is 3.27. The van der Waals surface area contributed by atoms with Crippen molar-refractivity contribution in [2.24, 2.45) is 0 Å². The Bertz CT molecular complexity index is 728. The SMILES string of the molecule is Oc1ccc(O)c2c(O)c3c(O)ccc(O)c3c(O)c12. The molecule has 0 fully saturated rings. The highest BCUT2D eigenvalue weighted by atomic mass is 16.3. The van der Waals surface area contributed by atoms with E-state index >= 15 is 0 Å². The number of hydrogen-bond acceptors (Lipinski definition) is 6. The highest BCUT2D eigenvalue weighted by molar-refractivity contribution is 6.17. The van der Waals surface area contributed by atoms with Gasteiger partial charge in [-0.05, 0) is 24.3 Å². The van der Waals surface area contributed by atoms with Crippen LogP contribution in [0.3, 0.4) is 0 Å². The molecule has 0 aliphatic carbocycles. The van der Waals surface area contributed by atoms with Crippen molar-refractivity contribution >= 4 is 21.5 Å². The van der Waals surface area contributed by atoms with Crippen LogP contribution in [-0.4, -0.2) is 30.6 Å². The molecule has 6 nitrogen and oxygen atoms in total. The predicted molar refractivity (Wildman–Crippen MR) is 71.4 cm³/mol. The fraction of sp³-hybridized carbons (Fsp3) is 0. The highest BCUT2D eigenvalue weighted by Gasteiger charge is 2.22. The Labute approximate surface area is 112 Å². The van der Waals surface area contributed by atoms with Gasteiger partial charge < -0.3 is 30.6 Å². The van der Waals surface area contributed by atoms with Crippen molar-refractivity contribution in [3.05, 3.63) is 24.3 Å². The Kier molecular flexibility index (Phi) is 2.25. The molecule has 3 aromatic carbocycles. The van der Waals surface area contributed by atoms with E-state index in [9.17, 15) is 30.6 Å². The van der Waals surface area contributed by atoms with E-state index in [-0.39, 0.29) is 44.5 Å². The average Bonchev–Trinajstić information content (AvgIpc) is 2.41. The van der Waals surface area contributed by atoms with Crippen molar-refractivity contribution in [3.8, 4) is 34.5 Å². The lowest BCUT2D eigenvalue weighted by Crippen LogP contribution is -1.84. The molecule has 0 aliphatic rings. The number of phenols is 6. The normalized spacial score (nSPS) is 11.2. The summed E-state index contributed by atoms with van der Waals surface area (Å²) < 4.78 is 0. The molecule has 0 aliphatic heterocycles. The summed E-state index contributed by atoms with van der Waals surface area (Å²) in [5.74, 6) is -2.61.